The molecule has 1 aromatic heterocycles. The van der Waals surface area contributed by atoms with Gasteiger partial charge in [-0.25, -0.2) is 13.1 Å². The first kappa shape index (κ1) is 15.5. The van der Waals surface area contributed by atoms with E-state index in [2.05, 4.69) is 20.7 Å². The fourth-order valence-corrected chi connectivity index (χ4v) is 4.51. The SMILES string of the molecule is N#Cc1ccc(Cl)c(S(=O)(=O)NCc2sccc2Br)c1. The van der Waals surface area contributed by atoms with Crippen molar-refractivity contribution in [1.29, 1.82) is 5.26 Å². The van der Waals surface area contributed by atoms with Crippen molar-refractivity contribution >= 4 is 48.9 Å². The molecule has 20 heavy (non-hydrogen) atoms. The molecule has 2 aromatic rings. The highest BCUT2D eigenvalue weighted by Gasteiger charge is 2.19. The van der Waals surface area contributed by atoms with Crippen LogP contribution in [0.2, 0.25) is 5.02 Å². The summed E-state index contributed by atoms with van der Waals surface area (Å²) in [5.41, 5.74) is 0.243. The molecule has 8 heteroatoms. The van der Waals surface area contributed by atoms with Gasteiger partial charge in [-0.2, -0.15) is 5.26 Å². The van der Waals surface area contributed by atoms with Crippen LogP contribution in [-0.2, 0) is 16.6 Å². The predicted octanol–water partition coefficient (Wildman–Crippen LogP) is 3.51. The monoisotopic (exact) mass is 390 g/mol. The van der Waals surface area contributed by atoms with E-state index in [1.54, 1.807) is 0 Å². The van der Waals surface area contributed by atoms with Crippen molar-refractivity contribution in [2.24, 2.45) is 0 Å². The van der Waals surface area contributed by atoms with E-state index in [1.807, 2.05) is 17.5 Å². The van der Waals surface area contributed by atoms with E-state index in [-0.39, 0.29) is 22.0 Å². The lowest BCUT2D eigenvalue weighted by Crippen LogP contribution is -2.23. The van der Waals surface area contributed by atoms with Crippen LogP contribution in [0.3, 0.4) is 0 Å². The average molecular weight is 392 g/mol. The Labute approximate surface area is 134 Å². The number of halogens is 2. The second-order valence-corrected chi connectivity index (χ2v) is 7.77. The Balaban J connectivity index is 2.27. The van der Waals surface area contributed by atoms with Crippen LogP contribution in [0, 0.1) is 11.3 Å². The fraction of sp³-hybridized carbons (Fsp3) is 0.0833. The molecule has 0 saturated heterocycles. The van der Waals surface area contributed by atoms with E-state index in [4.69, 9.17) is 16.9 Å². The van der Waals surface area contributed by atoms with Crippen molar-refractivity contribution < 1.29 is 8.42 Å². The summed E-state index contributed by atoms with van der Waals surface area (Å²) in [6.07, 6.45) is 0. The highest BCUT2D eigenvalue weighted by atomic mass is 79.9. The predicted molar refractivity (Wildman–Crippen MR) is 82.2 cm³/mol. The van der Waals surface area contributed by atoms with Gasteiger partial charge in [-0.3, -0.25) is 0 Å². The Hall–Kier alpha value is -0.910. The lowest BCUT2D eigenvalue weighted by atomic mass is 10.2. The van der Waals surface area contributed by atoms with Gasteiger partial charge in [0.1, 0.15) is 4.90 Å². The van der Waals surface area contributed by atoms with Gasteiger partial charge in [-0.05, 0) is 45.6 Å². The van der Waals surface area contributed by atoms with Crippen LogP contribution in [0.5, 0.6) is 0 Å². The van der Waals surface area contributed by atoms with Gasteiger partial charge in [0.2, 0.25) is 10.0 Å². The van der Waals surface area contributed by atoms with Crippen molar-refractivity contribution in [3.63, 3.8) is 0 Å². The highest BCUT2D eigenvalue weighted by molar-refractivity contribution is 9.10. The summed E-state index contributed by atoms with van der Waals surface area (Å²) in [7, 11) is -3.76. The molecule has 2 rings (SSSR count). The Bertz CT molecular complexity index is 781. The first-order chi connectivity index (χ1) is 9.44. The molecule has 0 aliphatic rings. The molecule has 1 aromatic carbocycles. The number of rotatable bonds is 4. The minimum absolute atomic E-state index is 0.0849. The van der Waals surface area contributed by atoms with Crippen LogP contribution in [-0.4, -0.2) is 8.42 Å². The number of benzene rings is 1. The summed E-state index contributed by atoms with van der Waals surface area (Å²) in [6.45, 7) is 0.160. The Morgan fingerprint density at radius 3 is 2.75 bits per heavy atom. The molecule has 0 aliphatic carbocycles. The molecule has 0 fully saturated rings. The first-order valence-corrected chi connectivity index (χ1v) is 8.88. The Morgan fingerprint density at radius 2 is 2.15 bits per heavy atom. The zero-order valence-corrected chi connectivity index (χ0v) is 13.9. The minimum Gasteiger partial charge on any atom is -0.207 e. The molecule has 0 aliphatic heterocycles. The van der Waals surface area contributed by atoms with Gasteiger partial charge >= 0.3 is 0 Å². The van der Waals surface area contributed by atoms with Crippen molar-refractivity contribution in [3.05, 3.63) is 49.6 Å². The number of nitrogens with zero attached hydrogens (tertiary/aromatic N) is 1. The Morgan fingerprint density at radius 1 is 1.40 bits per heavy atom. The second kappa shape index (κ2) is 6.24. The first-order valence-electron chi connectivity index (χ1n) is 5.35. The number of nitrogens with one attached hydrogen (secondary N) is 1. The van der Waals surface area contributed by atoms with Gasteiger partial charge in [0, 0.05) is 15.9 Å². The topological polar surface area (TPSA) is 70.0 Å². The van der Waals surface area contributed by atoms with Crippen LogP contribution in [0.15, 0.2) is 39.0 Å². The number of hydrogen-bond donors (Lipinski definition) is 1. The Kier molecular flexibility index (Phi) is 4.83. The van der Waals surface area contributed by atoms with E-state index in [0.717, 1.165) is 9.35 Å². The maximum Gasteiger partial charge on any atom is 0.242 e. The normalized spacial score (nSPS) is 11.2. The summed E-state index contributed by atoms with van der Waals surface area (Å²) in [5, 5.41) is 10.8. The van der Waals surface area contributed by atoms with E-state index in [1.165, 1.54) is 29.5 Å². The van der Waals surface area contributed by atoms with Crippen molar-refractivity contribution in [3.8, 4) is 6.07 Å². The largest absolute Gasteiger partial charge is 0.242 e. The number of sulfonamides is 1. The maximum absolute atomic E-state index is 12.2. The number of nitriles is 1. The fourth-order valence-electron chi connectivity index (χ4n) is 1.47. The quantitative estimate of drug-likeness (QED) is 0.867. The smallest absolute Gasteiger partial charge is 0.207 e. The van der Waals surface area contributed by atoms with Gasteiger partial charge in [0.15, 0.2) is 0 Å². The van der Waals surface area contributed by atoms with E-state index in [9.17, 15) is 8.42 Å². The zero-order valence-electron chi connectivity index (χ0n) is 9.93. The molecule has 4 nitrogen and oxygen atoms in total. The summed E-state index contributed by atoms with van der Waals surface area (Å²) >= 11 is 10.7. The van der Waals surface area contributed by atoms with Crippen LogP contribution < -0.4 is 4.72 Å². The third kappa shape index (κ3) is 3.40. The molecule has 0 saturated carbocycles. The van der Waals surface area contributed by atoms with Crippen molar-refractivity contribution in [2.75, 3.05) is 0 Å². The minimum atomic E-state index is -3.76. The lowest BCUT2D eigenvalue weighted by molar-refractivity contribution is 0.582. The van der Waals surface area contributed by atoms with Gasteiger partial charge in [0.25, 0.3) is 0 Å². The van der Waals surface area contributed by atoms with Crippen LogP contribution in [0.4, 0.5) is 0 Å². The summed E-state index contributed by atoms with van der Waals surface area (Å²) < 4.78 is 27.7. The van der Waals surface area contributed by atoms with E-state index >= 15 is 0 Å². The standard InChI is InChI=1S/C12H8BrClN2O2S2/c13-9-3-4-19-11(9)7-16-20(17,18)12-5-8(6-15)1-2-10(12)14/h1-5,16H,7H2. The van der Waals surface area contributed by atoms with Crippen molar-refractivity contribution in [2.45, 2.75) is 11.4 Å². The van der Waals surface area contributed by atoms with Crippen LogP contribution >= 0.6 is 38.9 Å². The summed E-state index contributed by atoms with van der Waals surface area (Å²) in [6, 6.07) is 7.86. The van der Waals surface area contributed by atoms with Crippen LogP contribution in [0.1, 0.15) is 10.4 Å². The van der Waals surface area contributed by atoms with Gasteiger partial charge in [0.05, 0.1) is 16.7 Å². The highest BCUT2D eigenvalue weighted by Crippen LogP contribution is 2.25. The number of thiophene rings is 1. The molecule has 1 heterocycles. The number of hydrogen-bond acceptors (Lipinski definition) is 4. The molecular formula is C12H8BrClN2O2S2. The van der Waals surface area contributed by atoms with Crippen LogP contribution in [0.25, 0.3) is 0 Å². The summed E-state index contributed by atoms with van der Waals surface area (Å²) in [4.78, 5) is 0.770. The molecule has 0 unspecified atom stereocenters. The molecule has 104 valence electrons. The van der Waals surface area contributed by atoms with E-state index in [0.29, 0.717) is 0 Å². The third-order valence-corrected chi connectivity index (χ3v) is 6.27. The van der Waals surface area contributed by atoms with E-state index < -0.39 is 10.0 Å². The molecular weight excluding hydrogens is 384 g/mol. The molecule has 0 atom stereocenters. The average Bonchev–Trinajstić information content (AvgIpc) is 2.82. The lowest BCUT2D eigenvalue weighted by Gasteiger charge is -2.08. The maximum atomic E-state index is 12.2. The molecule has 1 N–H and O–H groups in total. The van der Waals surface area contributed by atoms with Crippen molar-refractivity contribution in [1.82, 2.24) is 4.72 Å². The second-order valence-electron chi connectivity index (χ2n) is 3.77. The molecule has 0 spiro atoms. The molecule has 0 bridgehead atoms. The van der Waals surface area contributed by atoms with Gasteiger partial charge in [-0.15, -0.1) is 11.3 Å². The molecule has 0 radical (unpaired) electrons. The van der Waals surface area contributed by atoms with Gasteiger partial charge in [-0.1, -0.05) is 11.6 Å². The third-order valence-electron chi connectivity index (χ3n) is 2.46. The zero-order chi connectivity index (χ0) is 14.8. The van der Waals surface area contributed by atoms with Gasteiger partial charge < -0.3 is 0 Å². The summed E-state index contributed by atoms with van der Waals surface area (Å²) in [5.74, 6) is 0. The molecule has 0 amide bonds.